The number of fused-ring (bicyclic) bond motifs is 1. The standard InChI is InChI=1S/C16H12N2O2/c17-10-18-8-13-6-12(16(19)20)7-14(15(13)9-18)11-4-2-1-3-5-11/h1-7H,8-9H2,(H,19,20). The molecule has 0 fully saturated rings. The van der Waals surface area contributed by atoms with Crippen molar-refractivity contribution < 1.29 is 9.90 Å². The van der Waals surface area contributed by atoms with Crippen LogP contribution in [-0.4, -0.2) is 16.0 Å². The topological polar surface area (TPSA) is 64.3 Å². The van der Waals surface area contributed by atoms with Gasteiger partial charge in [0.25, 0.3) is 0 Å². The summed E-state index contributed by atoms with van der Waals surface area (Å²) in [6, 6.07) is 13.0. The smallest absolute Gasteiger partial charge is 0.335 e. The number of rotatable bonds is 2. The maximum absolute atomic E-state index is 11.3. The second-order valence-electron chi connectivity index (χ2n) is 4.79. The molecule has 1 heterocycles. The van der Waals surface area contributed by atoms with Crippen LogP contribution in [0.5, 0.6) is 0 Å². The number of nitriles is 1. The van der Waals surface area contributed by atoms with Gasteiger partial charge in [0, 0.05) is 0 Å². The molecule has 1 N–H and O–H groups in total. The summed E-state index contributed by atoms with van der Waals surface area (Å²) < 4.78 is 0. The van der Waals surface area contributed by atoms with Crippen LogP contribution in [0.1, 0.15) is 21.5 Å². The van der Waals surface area contributed by atoms with Crippen molar-refractivity contribution in [2.24, 2.45) is 0 Å². The van der Waals surface area contributed by atoms with Crippen molar-refractivity contribution in [2.75, 3.05) is 0 Å². The minimum atomic E-state index is -0.944. The molecule has 1 aliphatic rings. The van der Waals surface area contributed by atoms with Crippen LogP contribution in [0.4, 0.5) is 0 Å². The Morgan fingerprint density at radius 2 is 1.95 bits per heavy atom. The highest BCUT2D eigenvalue weighted by Crippen LogP contribution is 2.33. The van der Waals surface area contributed by atoms with Crippen molar-refractivity contribution in [1.29, 1.82) is 5.26 Å². The first kappa shape index (κ1) is 12.2. The van der Waals surface area contributed by atoms with Gasteiger partial charge in [-0.25, -0.2) is 4.79 Å². The van der Waals surface area contributed by atoms with Crippen LogP contribution in [0.15, 0.2) is 42.5 Å². The van der Waals surface area contributed by atoms with Crippen LogP contribution < -0.4 is 0 Å². The third kappa shape index (κ3) is 1.99. The third-order valence-electron chi connectivity index (χ3n) is 3.53. The number of carbonyl (C=O) groups is 1. The number of aromatic carboxylic acids is 1. The van der Waals surface area contributed by atoms with E-state index in [2.05, 4.69) is 6.19 Å². The van der Waals surface area contributed by atoms with Crippen molar-refractivity contribution in [3.63, 3.8) is 0 Å². The predicted octanol–water partition coefficient (Wildman–Crippen LogP) is 2.85. The molecule has 2 aromatic carbocycles. The lowest BCUT2D eigenvalue weighted by atomic mass is 9.94. The summed E-state index contributed by atoms with van der Waals surface area (Å²) in [5.74, 6) is -0.944. The lowest BCUT2D eigenvalue weighted by molar-refractivity contribution is 0.0697. The number of nitrogens with zero attached hydrogens (tertiary/aromatic N) is 2. The van der Waals surface area contributed by atoms with Gasteiger partial charge in [-0.3, -0.25) is 0 Å². The fourth-order valence-corrected chi connectivity index (χ4v) is 2.58. The van der Waals surface area contributed by atoms with Crippen LogP contribution in [0.3, 0.4) is 0 Å². The summed E-state index contributed by atoms with van der Waals surface area (Å²) in [7, 11) is 0. The first-order valence-electron chi connectivity index (χ1n) is 6.28. The van der Waals surface area contributed by atoms with Gasteiger partial charge in [-0.2, -0.15) is 5.26 Å². The Balaban J connectivity index is 2.19. The zero-order valence-corrected chi connectivity index (χ0v) is 10.7. The van der Waals surface area contributed by atoms with Crippen LogP contribution in [-0.2, 0) is 13.1 Å². The van der Waals surface area contributed by atoms with E-state index in [0.717, 1.165) is 22.3 Å². The SMILES string of the molecule is N#CN1Cc2cc(C(=O)O)cc(-c3ccccc3)c2C1. The molecule has 0 spiro atoms. The van der Waals surface area contributed by atoms with E-state index in [1.165, 1.54) is 0 Å². The highest BCUT2D eigenvalue weighted by Gasteiger charge is 2.23. The minimum absolute atomic E-state index is 0.266. The zero-order chi connectivity index (χ0) is 14.1. The average Bonchev–Trinajstić information content (AvgIpc) is 2.90. The van der Waals surface area contributed by atoms with E-state index >= 15 is 0 Å². The molecule has 0 aliphatic carbocycles. The lowest BCUT2D eigenvalue weighted by Gasteiger charge is -2.10. The predicted molar refractivity (Wildman–Crippen MR) is 73.7 cm³/mol. The number of carboxylic acid groups (broad SMARTS) is 1. The van der Waals surface area contributed by atoms with Gasteiger partial charge in [-0.1, -0.05) is 30.3 Å². The Kier molecular flexibility index (Phi) is 2.88. The molecule has 0 atom stereocenters. The molecule has 4 heteroatoms. The van der Waals surface area contributed by atoms with Crippen molar-refractivity contribution in [3.05, 3.63) is 59.2 Å². The summed E-state index contributed by atoms with van der Waals surface area (Å²) in [4.78, 5) is 12.9. The molecule has 3 rings (SSSR count). The van der Waals surface area contributed by atoms with Crippen LogP contribution in [0, 0.1) is 11.5 Å². The molecular weight excluding hydrogens is 252 g/mol. The highest BCUT2D eigenvalue weighted by molar-refractivity contribution is 5.90. The Labute approximate surface area is 116 Å². The van der Waals surface area contributed by atoms with E-state index in [1.807, 2.05) is 30.3 Å². The molecular formula is C16H12N2O2. The van der Waals surface area contributed by atoms with E-state index in [0.29, 0.717) is 13.1 Å². The van der Waals surface area contributed by atoms with Crippen molar-refractivity contribution >= 4 is 5.97 Å². The van der Waals surface area contributed by atoms with Gasteiger partial charge in [0.15, 0.2) is 6.19 Å². The van der Waals surface area contributed by atoms with Crippen LogP contribution >= 0.6 is 0 Å². The van der Waals surface area contributed by atoms with Crippen LogP contribution in [0.2, 0.25) is 0 Å². The summed E-state index contributed by atoms with van der Waals surface area (Å²) in [6.07, 6.45) is 2.12. The maximum Gasteiger partial charge on any atom is 0.335 e. The quantitative estimate of drug-likeness (QED) is 0.847. The zero-order valence-electron chi connectivity index (χ0n) is 10.7. The second-order valence-corrected chi connectivity index (χ2v) is 4.79. The van der Waals surface area contributed by atoms with Crippen molar-refractivity contribution in [2.45, 2.75) is 13.1 Å². The van der Waals surface area contributed by atoms with Crippen molar-refractivity contribution in [1.82, 2.24) is 4.90 Å². The molecule has 0 amide bonds. The van der Waals surface area contributed by atoms with Crippen LogP contribution in [0.25, 0.3) is 11.1 Å². The average molecular weight is 264 g/mol. The number of hydrogen-bond donors (Lipinski definition) is 1. The maximum atomic E-state index is 11.3. The number of hydrogen-bond acceptors (Lipinski definition) is 3. The molecule has 1 aliphatic heterocycles. The van der Waals surface area contributed by atoms with E-state index in [4.69, 9.17) is 5.26 Å². The largest absolute Gasteiger partial charge is 0.478 e. The molecule has 0 aromatic heterocycles. The molecule has 0 saturated heterocycles. The molecule has 98 valence electrons. The third-order valence-corrected chi connectivity index (χ3v) is 3.53. The molecule has 0 bridgehead atoms. The van der Waals surface area contributed by atoms with E-state index < -0.39 is 5.97 Å². The summed E-state index contributed by atoms with van der Waals surface area (Å²) >= 11 is 0. The van der Waals surface area contributed by atoms with Gasteiger partial charge < -0.3 is 10.0 Å². The second kappa shape index (κ2) is 4.71. The van der Waals surface area contributed by atoms with E-state index in [9.17, 15) is 9.90 Å². The van der Waals surface area contributed by atoms with Gasteiger partial charge in [0.1, 0.15) is 0 Å². The molecule has 0 radical (unpaired) electrons. The Morgan fingerprint density at radius 1 is 1.20 bits per heavy atom. The van der Waals surface area contributed by atoms with Gasteiger partial charge in [0.05, 0.1) is 18.7 Å². The van der Waals surface area contributed by atoms with Gasteiger partial charge in [-0.05, 0) is 34.4 Å². The number of benzene rings is 2. The monoisotopic (exact) mass is 264 g/mol. The Morgan fingerprint density at radius 3 is 2.60 bits per heavy atom. The van der Waals surface area contributed by atoms with Gasteiger partial charge in [-0.15, -0.1) is 0 Å². The fraction of sp³-hybridized carbons (Fsp3) is 0.125. The summed E-state index contributed by atoms with van der Waals surface area (Å²) in [6.45, 7) is 1.02. The first-order chi connectivity index (χ1) is 9.69. The summed E-state index contributed by atoms with van der Waals surface area (Å²) in [5.41, 5.74) is 4.11. The van der Waals surface area contributed by atoms with Crippen molar-refractivity contribution in [3.8, 4) is 17.3 Å². The fourth-order valence-electron chi connectivity index (χ4n) is 2.58. The minimum Gasteiger partial charge on any atom is -0.478 e. The van der Waals surface area contributed by atoms with E-state index in [1.54, 1.807) is 17.0 Å². The molecule has 2 aromatic rings. The Hall–Kier alpha value is -2.80. The van der Waals surface area contributed by atoms with E-state index in [-0.39, 0.29) is 5.56 Å². The highest BCUT2D eigenvalue weighted by atomic mass is 16.4. The Bertz CT molecular complexity index is 717. The number of carboxylic acids is 1. The normalized spacial score (nSPS) is 12.8. The lowest BCUT2D eigenvalue weighted by Crippen LogP contribution is -2.07. The molecule has 0 saturated carbocycles. The van der Waals surface area contributed by atoms with Gasteiger partial charge in [0.2, 0.25) is 0 Å². The molecule has 4 nitrogen and oxygen atoms in total. The first-order valence-corrected chi connectivity index (χ1v) is 6.28. The molecule has 20 heavy (non-hydrogen) atoms. The summed E-state index contributed by atoms with van der Waals surface area (Å²) in [5, 5.41) is 18.3. The molecule has 0 unspecified atom stereocenters. The van der Waals surface area contributed by atoms with Gasteiger partial charge >= 0.3 is 5.97 Å².